The quantitative estimate of drug-likeness (QED) is 0.506. The fourth-order valence-corrected chi connectivity index (χ4v) is 1.05. The zero-order valence-corrected chi connectivity index (χ0v) is 6.00. The number of hydrogen-bond donors (Lipinski definition) is 3. The third-order valence-corrected chi connectivity index (χ3v) is 1.63. The summed E-state index contributed by atoms with van der Waals surface area (Å²) in [6.07, 6.45) is 1.47. The first-order chi connectivity index (χ1) is 5.18. The number of nitrogens with two attached hydrogens (primary N) is 1. The van der Waals surface area contributed by atoms with Gasteiger partial charge in [-0.1, -0.05) is 0 Å². The van der Waals surface area contributed by atoms with Crippen molar-refractivity contribution in [2.24, 2.45) is 0 Å². The molecule has 0 radical (unpaired) electrons. The molecule has 5 heteroatoms. The van der Waals surface area contributed by atoms with Crippen molar-refractivity contribution in [3.63, 3.8) is 0 Å². The van der Waals surface area contributed by atoms with Crippen molar-refractivity contribution < 1.29 is 5.11 Å². The largest absolute Gasteiger partial charge is 0.492 e. The molecule has 5 nitrogen and oxygen atoms in total. The van der Waals surface area contributed by atoms with Crippen LogP contribution in [0.2, 0.25) is 0 Å². The molecule has 0 spiro atoms. The molecular weight excluding hydrogens is 144 g/mol. The van der Waals surface area contributed by atoms with Gasteiger partial charge in [0.25, 0.3) is 0 Å². The van der Waals surface area contributed by atoms with Crippen LogP contribution in [0.25, 0.3) is 5.65 Å². The number of aromatic nitrogens is 3. The molecule has 0 unspecified atom stereocenters. The van der Waals surface area contributed by atoms with Gasteiger partial charge in [-0.25, -0.2) is 4.52 Å². The monoisotopic (exact) mass is 152 g/mol. The van der Waals surface area contributed by atoms with Gasteiger partial charge in [0.05, 0.1) is 17.6 Å². The Balaban J connectivity index is 2.88. The molecular formula is C6H8N4O. The minimum absolute atomic E-state index is 0.0250. The van der Waals surface area contributed by atoms with E-state index in [1.54, 1.807) is 4.52 Å². The lowest BCUT2D eigenvalue weighted by Crippen LogP contribution is -1.85. The summed E-state index contributed by atoms with van der Waals surface area (Å²) in [4.78, 5) is 3.80. The highest BCUT2D eigenvalue weighted by atomic mass is 16.3. The lowest BCUT2D eigenvalue weighted by atomic mass is 10.4. The molecule has 0 aliphatic carbocycles. The molecule has 0 atom stereocenters. The Kier molecular flexibility index (Phi) is 0.934. The summed E-state index contributed by atoms with van der Waals surface area (Å²) in [6, 6.07) is 0. The second-order valence-corrected chi connectivity index (χ2v) is 2.44. The lowest BCUT2D eigenvalue weighted by Gasteiger charge is -1.84. The van der Waals surface area contributed by atoms with E-state index in [4.69, 9.17) is 10.8 Å². The second-order valence-electron chi connectivity index (χ2n) is 2.44. The zero-order chi connectivity index (χ0) is 8.01. The van der Waals surface area contributed by atoms with Crippen molar-refractivity contribution >= 4 is 11.3 Å². The average molecular weight is 152 g/mol. The minimum Gasteiger partial charge on any atom is -0.492 e. The van der Waals surface area contributed by atoms with E-state index in [1.165, 1.54) is 6.20 Å². The van der Waals surface area contributed by atoms with E-state index >= 15 is 0 Å². The van der Waals surface area contributed by atoms with Crippen LogP contribution in [0.5, 0.6) is 5.88 Å². The first-order valence-corrected chi connectivity index (χ1v) is 3.20. The average Bonchev–Trinajstić information content (AvgIpc) is 2.37. The number of aryl methyl sites for hydroxylation is 1. The van der Waals surface area contributed by atoms with Crippen molar-refractivity contribution in [1.29, 1.82) is 0 Å². The van der Waals surface area contributed by atoms with Gasteiger partial charge in [-0.15, -0.1) is 0 Å². The van der Waals surface area contributed by atoms with Crippen LogP contribution in [0, 0.1) is 6.92 Å². The number of hydrogen-bond acceptors (Lipinski definition) is 3. The number of nitrogens with one attached hydrogen (secondary N) is 1. The molecule has 0 aromatic carbocycles. The molecule has 2 heterocycles. The van der Waals surface area contributed by atoms with Crippen LogP contribution >= 0.6 is 0 Å². The minimum atomic E-state index is -0.0250. The first-order valence-electron chi connectivity index (χ1n) is 3.20. The Hall–Kier alpha value is -1.65. The van der Waals surface area contributed by atoms with Crippen LogP contribution in [0.4, 0.5) is 5.69 Å². The summed E-state index contributed by atoms with van der Waals surface area (Å²) < 4.78 is 1.58. The number of aromatic amines is 1. The van der Waals surface area contributed by atoms with E-state index in [0.29, 0.717) is 11.3 Å². The van der Waals surface area contributed by atoms with Crippen LogP contribution in [0.1, 0.15) is 5.69 Å². The van der Waals surface area contributed by atoms with Crippen molar-refractivity contribution in [3.05, 3.63) is 11.9 Å². The SMILES string of the molecule is Cc1[nH]n2cc(O)nc2c1N. The van der Waals surface area contributed by atoms with Gasteiger partial charge in [-0.2, -0.15) is 4.98 Å². The molecule has 2 rings (SSSR count). The number of nitrogen functional groups attached to an aromatic ring is 1. The summed E-state index contributed by atoms with van der Waals surface area (Å²) >= 11 is 0. The van der Waals surface area contributed by atoms with Crippen molar-refractivity contribution in [2.45, 2.75) is 6.92 Å². The van der Waals surface area contributed by atoms with Crippen molar-refractivity contribution in [1.82, 2.24) is 14.6 Å². The highest BCUT2D eigenvalue weighted by Gasteiger charge is 2.07. The van der Waals surface area contributed by atoms with Gasteiger partial charge >= 0.3 is 0 Å². The van der Waals surface area contributed by atoms with Gasteiger partial charge in [0.2, 0.25) is 5.88 Å². The van der Waals surface area contributed by atoms with Crippen LogP contribution < -0.4 is 5.73 Å². The maximum atomic E-state index is 8.95. The van der Waals surface area contributed by atoms with Gasteiger partial charge in [0.15, 0.2) is 5.65 Å². The topological polar surface area (TPSA) is 79.3 Å². The van der Waals surface area contributed by atoms with E-state index in [-0.39, 0.29) is 5.88 Å². The molecule has 0 amide bonds. The highest BCUT2D eigenvalue weighted by Crippen LogP contribution is 2.18. The van der Waals surface area contributed by atoms with Crippen LogP contribution in [-0.4, -0.2) is 19.7 Å². The second kappa shape index (κ2) is 1.69. The Morgan fingerprint density at radius 3 is 3.09 bits per heavy atom. The van der Waals surface area contributed by atoms with E-state index in [9.17, 15) is 0 Å². The number of nitrogens with zero attached hydrogens (tertiary/aromatic N) is 2. The highest BCUT2D eigenvalue weighted by molar-refractivity contribution is 5.68. The fourth-order valence-electron chi connectivity index (χ4n) is 1.05. The van der Waals surface area contributed by atoms with E-state index < -0.39 is 0 Å². The normalized spacial score (nSPS) is 11.0. The van der Waals surface area contributed by atoms with E-state index in [0.717, 1.165) is 5.69 Å². The Morgan fingerprint density at radius 2 is 2.45 bits per heavy atom. The summed E-state index contributed by atoms with van der Waals surface area (Å²) in [6.45, 7) is 1.85. The Bertz CT molecular complexity index is 400. The predicted octanol–water partition coefficient (Wildman–Crippen LogP) is 0.259. The van der Waals surface area contributed by atoms with Gasteiger partial charge in [-0.3, -0.25) is 5.10 Å². The predicted molar refractivity (Wildman–Crippen MR) is 40.4 cm³/mol. The standard InChI is InChI=1S/C6H8N4O/c1-3-5(7)6-8-4(11)2-10(6)9-3/h2,9,11H,7H2,1H3. The Labute approximate surface area is 62.4 Å². The molecule has 11 heavy (non-hydrogen) atoms. The summed E-state index contributed by atoms with van der Waals surface area (Å²) in [5, 5.41) is 11.9. The van der Waals surface area contributed by atoms with E-state index in [2.05, 4.69) is 10.1 Å². The molecule has 2 aromatic rings. The molecule has 0 bridgehead atoms. The molecule has 0 saturated carbocycles. The third kappa shape index (κ3) is 0.674. The molecule has 58 valence electrons. The first kappa shape index (κ1) is 6.09. The number of rotatable bonds is 0. The Morgan fingerprint density at radius 1 is 1.73 bits per heavy atom. The van der Waals surface area contributed by atoms with Gasteiger partial charge < -0.3 is 10.8 Å². The van der Waals surface area contributed by atoms with Gasteiger partial charge in [-0.05, 0) is 6.92 Å². The van der Waals surface area contributed by atoms with Crippen LogP contribution in [0.15, 0.2) is 6.20 Å². The smallest absolute Gasteiger partial charge is 0.231 e. The van der Waals surface area contributed by atoms with Crippen LogP contribution in [0.3, 0.4) is 0 Å². The molecule has 0 aliphatic rings. The number of anilines is 1. The molecule has 0 fully saturated rings. The molecule has 0 aliphatic heterocycles. The fraction of sp³-hybridized carbons (Fsp3) is 0.167. The molecule has 0 saturated heterocycles. The van der Waals surface area contributed by atoms with Crippen molar-refractivity contribution in [3.8, 4) is 5.88 Å². The van der Waals surface area contributed by atoms with E-state index in [1.807, 2.05) is 6.92 Å². The number of fused-ring (bicyclic) bond motifs is 1. The third-order valence-electron chi connectivity index (χ3n) is 1.63. The van der Waals surface area contributed by atoms with Crippen molar-refractivity contribution in [2.75, 3.05) is 5.73 Å². The number of imidazole rings is 1. The number of aromatic hydroxyl groups is 1. The maximum Gasteiger partial charge on any atom is 0.231 e. The zero-order valence-electron chi connectivity index (χ0n) is 6.00. The van der Waals surface area contributed by atoms with Gasteiger partial charge in [0.1, 0.15) is 0 Å². The summed E-state index contributed by atoms with van der Waals surface area (Å²) in [7, 11) is 0. The summed E-state index contributed by atoms with van der Waals surface area (Å²) in [5.41, 5.74) is 7.62. The number of H-pyrrole nitrogens is 1. The van der Waals surface area contributed by atoms with Gasteiger partial charge in [0, 0.05) is 0 Å². The lowest BCUT2D eigenvalue weighted by molar-refractivity contribution is 0.456. The summed E-state index contributed by atoms with van der Waals surface area (Å²) in [5.74, 6) is -0.0250. The molecule has 2 aromatic heterocycles. The molecule has 4 N–H and O–H groups in total. The van der Waals surface area contributed by atoms with Crippen LogP contribution in [-0.2, 0) is 0 Å². The maximum absolute atomic E-state index is 8.95.